The molecular weight excluding hydrogens is 242 g/mol. The van der Waals surface area contributed by atoms with E-state index in [1.165, 1.54) is 0 Å². The van der Waals surface area contributed by atoms with Crippen LogP contribution in [0.4, 0.5) is 0 Å². The minimum absolute atomic E-state index is 0.113. The first kappa shape index (κ1) is 12.1. The lowest BCUT2D eigenvalue weighted by Crippen LogP contribution is -2.25. The molecule has 1 aromatic carbocycles. The molecule has 0 amide bonds. The molecule has 2 unspecified atom stereocenters. The van der Waals surface area contributed by atoms with Crippen LogP contribution >= 0.6 is 0 Å². The summed E-state index contributed by atoms with van der Waals surface area (Å²) in [5.74, 6) is 2.82. The van der Waals surface area contributed by atoms with Crippen LogP contribution in [0.15, 0.2) is 34.7 Å². The number of hydrogen-bond acceptors (Lipinski definition) is 4. The van der Waals surface area contributed by atoms with Gasteiger partial charge in [-0.15, -0.1) is 0 Å². The zero-order valence-corrected chi connectivity index (χ0v) is 11.0. The summed E-state index contributed by atoms with van der Waals surface area (Å²) in [6.07, 6.45) is 0. The van der Waals surface area contributed by atoms with E-state index in [2.05, 4.69) is 12.2 Å². The number of rotatable bonds is 3. The number of furan rings is 1. The monoisotopic (exact) mass is 259 g/mol. The normalized spacial score (nSPS) is 18.9. The third-order valence-electron chi connectivity index (χ3n) is 3.42. The van der Waals surface area contributed by atoms with Crippen LogP contribution in [0.3, 0.4) is 0 Å². The molecule has 1 aliphatic heterocycles. The van der Waals surface area contributed by atoms with Gasteiger partial charge >= 0.3 is 0 Å². The minimum Gasteiger partial charge on any atom is -0.508 e. The van der Waals surface area contributed by atoms with E-state index in [0.29, 0.717) is 6.61 Å². The van der Waals surface area contributed by atoms with Crippen molar-refractivity contribution in [2.24, 2.45) is 0 Å². The van der Waals surface area contributed by atoms with Gasteiger partial charge in [0.2, 0.25) is 0 Å². The van der Waals surface area contributed by atoms with E-state index in [1.54, 1.807) is 12.1 Å². The molecule has 100 valence electrons. The highest BCUT2D eigenvalue weighted by atomic mass is 16.5. The average molecular weight is 259 g/mol. The first-order chi connectivity index (χ1) is 9.13. The molecule has 1 aliphatic rings. The molecule has 4 nitrogen and oxygen atoms in total. The zero-order valence-electron chi connectivity index (χ0n) is 11.0. The number of aryl methyl sites for hydroxylation is 1. The number of aromatic hydroxyl groups is 1. The summed E-state index contributed by atoms with van der Waals surface area (Å²) in [5, 5.41) is 12.9. The summed E-state index contributed by atoms with van der Waals surface area (Å²) in [6, 6.07) is 9.42. The summed E-state index contributed by atoms with van der Waals surface area (Å²) in [7, 11) is 0. The van der Waals surface area contributed by atoms with Crippen LogP contribution in [0.25, 0.3) is 0 Å². The van der Waals surface area contributed by atoms with Crippen LogP contribution in [0.5, 0.6) is 11.5 Å². The Hall–Kier alpha value is -1.94. The van der Waals surface area contributed by atoms with Crippen molar-refractivity contribution in [3.63, 3.8) is 0 Å². The maximum Gasteiger partial charge on any atom is 0.127 e. The number of ether oxygens (including phenoxy) is 1. The second kappa shape index (κ2) is 4.63. The van der Waals surface area contributed by atoms with Crippen molar-refractivity contribution in [2.45, 2.75) is 25.9 Å². The van der Waals surface area contributed by atoms with Crippen molar-refractivity contribution < 1.29 is 14.3 Å². The standard InChI is InChI=1S/C15H17NO3/c1-9-3-6-14(19-9)10(2)16-13-8-18-15-7-11(17)4-5-12(13)15/h3-7,10,13,16-17H,8H2,1-2H3. The van der Waals surface area contributed by atoms with E-state index in [1.807, 2.05) is 25.1 Å². The second-order valence-corrected chi connectivity index (χ2v) is 4.92. The molecular formula is C15H17NO3. The fourth-order valence-electron chi connectivity index (χ4n) is 2.41. The number of benzene rings is 1. The topological polar surface area (TPSA) is 54.6 Å². The molecule has 0 saturated carbocycles. The van der Waals surface area contributed by atoms with Crippen molar-refractivity contribution in [3.05, 3.63) is 47.4 Å². The summed E-state index contributed by atoms with van der Waals surface area (Å²) >= 11 is 0. The van der Waals surface area contributed by atoms with Gasteiger partial charge in [-0.25, -0.2) is 0 Å². The van der Waals surface area contributed by atoms with Gasteiger partial charge in [0.15, 0.2) is 0 Å². The summed E-state index contributed by atoms with van der Waals surface area (Å²) in [5.41, 5.74) is 1.08. The Morgan fingerprint density at radius 2 is 2.16 bits per heavy atom. The molecule has 0 radical (unpaired) electrons. The molecule has 0 saturated heterocycles. The van der Waals surface area contributed by atoms with Crippen LogP contribution in [0, 0.1) is 6.92 Å². The number of phenols is 1. The fourth-order valence-corrected chi connectivity index (χ4v) is 2.41. The van der Waals surface area contributed by atoms with E-state index < -0.39 is 0 Å². The van der Waals surface area contributed by atoms with Crippen molar-refractivity contribution in [3.8, 4) is 11.5 Å². The molecule has 0 bridgehead atoms. The predicted octanol–water partition coefficient (Wildman–Crippen LogP) is 3.08. The molecule has 2 heterocycles. The smallest absolute Gasteiger partial charge is 0.127 e. The van der Waals surface area contributed by atoms with Crippen molar-refractivity contribution in [2.75, 3.05) is 6.61 Å². The molecule has 3 rings (SSSR count). The van der Waals surface area contributed by atoms with Gasteiger partial charge in [-0.1, -0.05) is 0 Å². The maximum absolute atomic E-state index is 9.43. The van der Waals surface area contributed by atoms with Gasteiger partial charge in [-0.3, -0.25) is 5.32 Å². The van der Waals surface area contributed by atoms with Crippen LogP contribution in [0.2, 0.25) is 0 Å². The minimum atomic E-state index is 0.113. The van der Waals surface area contributed by atoms with Crippen LogP contribution in [-0.4, -0.2) is 11.7 Å². The molecule has 2 N–H and O–H groups in total. The van der Waals surface area contributed by atoms with Gasteiger partial charge in [0.05, 0.1) is 12.1 Å². The van der Waals surface area contributed by atoms with Crippen molar-refractivity contribution >= 4 is 0 Å². The summed E-state index contributed by atoms with van der Waals surface area (Å²) < 4.78 is 11.2. The van der Waals surface area contributed by atoms with Crippen LogP contribution in [-0.2, 0) is 0 Å². The SMILES string of the molecule is Cc1ccc(C(C)NC2COc3cc(O)ccc32)o1. The highest BCUT2D eigenvalue weighted by Crippen LogP contribution is 2.36. The Morgan fingerprint density at radius 3 is 2.89 bits per heavy atom. The lowest BCUT2D eigenvalue weighted by atomic mass is 10.1. The van der Waals surface area contributed by atoms with Crippen LogP contribution in [0.1, 0.15) is 36.1 Å². The van der Waals surface area contributed by atoms with E-state index in [-0.39, 0.29) is 17.8 Å². The van der Waals surface area contributed by atoms with E-state index >= 15 is 0 Å². The lowest BCUT2D eigenvalue weighted by Gasteiger charge is -2.17. The number of phenolic OH excluding ortho intramolecular Hbond substituents is 1. The molecule has 2 atom stereocenters. The largest absolute Gasteiger partial charge is 0.508 e. The summed E-state index contributed by atoms with van der Waals surface area (Å²) in [4.78, 5) is 0. The summed E-state index contributed by atoms with van der Waals surface area (Å²) in [6.45, 7) is 4.58. The third-order valence-corrected chi connectivity index (χ3v) is 3.42. The van der Waals surface area contributed by atoms with E-state index in [9.17, 15) is 5.11 Å². The van der Waals surface area contributed by atoms with Crippen molar-refractivity contribution in [1.82, 2.24) is 5.32 Å². The molecule has 0 fully saturated rings. The Morgan fingerprint density at radius 1 is 1.32 bits per heavy atom. The quantitative estimate of drug-likeness (QED) is 0.889. The van der Waals surface area contributed by atoms with Gasteiger partial charge in [0.1, 0.15) is 29.6 Å². The van der Waals surface area contributed by atoms with Gasteiger partial charge < -0.3 is 14.3 Å². The Bertz CT molecular complexity index is 591. The first-order valence-corrected chi connectivity index (χ1v) is 6.41. The molecule has 4 heteroatoms. The molecule has 0 aliphatic carbocycles. The molecule has 19 heavy (non-hydrogen) atoms. The molecule has 1 aromatic heterocycles. The predicted molar refractivity (Wildman–Crippen MR) is 71.3 cm³/mol. The number of hydrogen-bond donors (Lipinski definition) is 2. The average Bonchev–Trinajstić information content (AvgIpc) is 2.96. The molecule has 2 aromatic rings. The van der Waals surface area contributed by atoms with Crippen molar-refractivity contribution in [1.29, 1.82) is 0 Å². The van der Waals surface area contributed by atoms with Gasteiger partial charge in [-0.2, -0.15) is 0 Å². The maximum atomic E-state index is 9.43. The Labute approximate surface area is 112 Å². The van der Waals surface area contributed by atoms with Crippen LogP contribution < -0.4 is 10.1 Å². The Balaban J connectivity index is 1.76. The van der Waals surface area contributed by atoms with Gasteiger partial charge in [0.25, 0.3) is 0 Å². The highest BCUT2D eigenvalue weighted by Gasteiger charge is 2.26. The highest BCUT2D eigenvalue weighted by molar-refractivity contribution is 5.44. The molecule has 0 spiro atoms. The number of fused-ring (bicyclic) bond motifs is 1. The second-order valence-electron chi connectivity index (χ2n) is 4.92. The van der Waals surface area contributed by atoms with Gasteiger partial charge in [0, 0.05) is 11.6 Å². The third kappa shape index (κ3) is 2.31. The fraction of sp³-hybridized carbons (Fsp3) is 0.333. The van der Waals surface area contributed by atoms with E-state index in [4.69, 9.17) is 9.15 Å². The number of nitrogens with one attached hydrogen (secondary N) is 1. The lowest BCUT2D eigenvalue weighted by molar-refractivity contribution is 0.290. The van der Waals surface area contributed by atoms with Gasteiger partial charge in [-0.05, 0) is 38.1 Å². The van der Waals surface area contributed by atoms with E-state index in [0.717, 1.165) is 22.8 Å². The first-order valence-electron chi connectivity index (χ1n) is 6.41. The zero-order chi connectivity index (χ0) is 13.4. The Kier molecular flexibility index (Phi) is 2.95.